The van der Waals surface area contributed by atoms with E-state index in [9.17, 15) is 14.4 Å². The second-order valence-electron chi connectivity index (χ2n) is 7.21. The molecule has 0 aromatic heterocycles. The summed E-state index contributed by atoms with van der Waals surface area (Å²) in [5.74, 6) is -0.579. The molecule has 2 aliphatic carbocycles. The number of carbonyl (C=O) groups is 3. The molecule has 0 bridgehead atoms. The fraction of sp³-hybridized carbons (Fsp3) is 0.550. The van der Waals surface area contributed by atoms with Crippen LogP contribution >= 0.6 is 0 Å². The van der Waals surface area contributed by atoms with E-state index in [-0.39, 0.29) is 24.5 Å². The fourth-order valence-corrected chi connectivity index (χ4v) is 3.30. The second-order valence-corrected chi connectivity index (χ2v) is 7.21. The lowest BCUT2D eigenvalue weighted by atomic mass is 9.87. The van der Waals surface area contributed by atoms with Crippen LogP contribution in [0.25, 0.3) is 0 Å². The summed E-state index contributed by atoms with van der Waals surface area (Å²) in [7, 11) is 0. The van der Waals surface area contributed by atoms with Crippen LogP contribution in [0.15, 0.2) is 24.3 Å². The van der Waals surface area contributed by atoms with Crippen molar-refractivity contribution in [3.8, 4) is 0 Å². The molecule has 1 aromatic carbocycles. The van der Waals surface area contributed by atoms with E-state index in [0.29, 0.717) is 23.6 Å². The number of amides is 2. The number of benzene rings is 1. The van der Waals surface area contributed by atoms with Crippen LogP contribution in [-0.2, 0) is 14.3 Å². The number of nitrogens with one attached hydrogen (secondary N) is 2. The molecule has 2 aliphatic rings. The number of hydrogen-bond donors (Lipinski definition) is 2. The lowest BCUT2D eigenvalue weighted by Gasteiger charge is -2.20. The summed E-state index contributed by atoms with van der Waals surface area (Å²) in [6.07, 6.45) is 8.07. The van der Waals surface area contributed by atoms with E-state index in [2.05, 4.69) is 10.6 Å². The third-order valence-corrected chi connectivity index (χ3v) is 4.90. The van der Waals surface area contributed by atoms with Crippen LogP contribution in [0.4, 0.5) is 5.69 Å². The van der Waals surface area contributed by atoms with E-state index in [4.69, 9.17) is 4.74 Å². The van der Waals surface area contributed by atoms with Gasteiger partial charge in [-0.2, -0.15) is 0 Å². The van der Waals surface area contributed by atoms with Crippen molar-refractivity contribution in [2.45, 2.75) is 57.4 Å². The summed E-state index contributed by atoms with van der Waals surface area (Å²) in [6, 6.07) is 7.08. The van der Waals surface area contributed by atoms with Gasteiger partial charge < -0.3 is 15.4 Å². The maximum Gasteiger partial charge on any atom is 0.306 e. The molecule has 6 nitrogen and oxygen atoms in total. The van der Waals surface area contributed by atoms with Gasteiger partial charge in [0.1, 0.15) is 0 Å². The maximum absolute atomic E-state index is 12.2. The van der Waals surface area contributed by atoms with Crippen molar-refractivity contribution in [1.29, 1.82) is 0 Å². The van der Waals surface area contributed by atoms with E-state index >= 15 is 0 Å². The number of anilines is 1. The number of carbonyl (C=O) groups excluding carboxylic acids is 3. The minimum absolute atomic E-state index is 0.197. The van der Waals surface area contributed by atoms with Gasteiger partial charge in [-0.15, -0.1) is 0 Å². The van der Waals surface area contributed by atoms with Crippen LogP contribution in [-0.4, -0.2) is 30.4 Å². The van der Waals surface area contributed by atoms with Crippen molar-refractivity contribution >= 4 is 23.5 Å². The highest BCUT2D eigenvalue weighted by Gasteiger charge is 2.25. The molecule has 2 N–H and O–H groups in total. The minimum atomic E-state index is -0.436. The number of para-hydroxylation sites is 1. The van der Waals surface area contributed by atoms with E-state index in [1.807, 2.05) is 0 Å². The molecule has 2 amide bonds. The van der Waals surface area contributed by atoms with Gasteiger partial charge in [-0.3, -0.25) is 14.4 Å². The molecule has 1 aromatic rings. The zero-order valence-corrected chi connectivity index (χ0v) is 15.0. The van der Waals surface area contributed by atoms with Gasteiger partial charge in [0.25, 0.3) is 11.8 Å². The molecule has 0 aliphatic heterocycles. The van der Waals surface area contributed by atoms with Crippen LogP contribution in [0, 0.1) is 5.92 Å². The summed E-state index contributed by atoms with van der Waals surface area (Å²) < 4.78 is 5.10. The Bertz CT molecular complexity index is 664. The van der Waals surface area contributed by atoms with Crippen LogP contribution in [0.1, 0.15) is 61.7 Å². The van der Waals surface area contributed by atoms with Crippen molar-refractivity contribution in [3.05, 3.63) is 29.8 Å². The summed E-state index contributed by atoms with van der Waals surface area (Å²) in [5, 5.41) is 5.57. The summed E-state index contributed by atoms with van der Waals surface area (Å²) in [6.45, 7) is -0.329. The Morgan fingerprint density at radius 1 is 1.00 bits per heavy atom. The average molecular weight is 358 g/mol. The molecule has 0 spiro atoms. The molecule has 3 rings (SSSR count). The smallest absolute Gasteiger partial charge is 0.306 e. The Hall–Kier alpha value is -2.37. The molecule has 140 valence electrons. The first kappa shape index (κ1) is 18.4. The van der Waals surface area contributed by atoms with E-state index in [0.717, 1.165) is 38.5 Å². The molecular formula is C20H26N2O4. The van der Waals surface area contributed by atoms with Gasteiger partial charge in [0.05, 0.1) is 11.3 Å². The van der Waals surface area contributed by atoms with Gasteiger partial charge in [0.2, 0.25) is 0 Å². The Labute approximate surface area is 153 Å². The third-order valence-electron chi connectivity index (χ3n) is 4.90. The molecule has 26 heavy (non-hydrogen) atoms. The van der Waals surface area contributed by atoms with Crippen LogP contribution < -0.4 is 10.6 Å². The number of rotatable bonds is 7. The van der Waals surface area contributed by atoms with E-state index in [1.54, 1.807) is 24.3 Å². The first-order valence-corrected chi connectivity index (χ1v) is 9.47. The topological polar surface area (TPSA) is 84.5 Å². The summed E-state index contributed by atoms with van der Waals surface area (Å²) >= 11 is 0. The van der Waals surface area contributed by atoms with Crippen molar-refractivity contribution < 1.29 is 19.1 Å². The first-order valence-electron chi connectivity index (χ1n) is 9.47. The van der Waals surface area contributed by atoms with Crippen LogP contribution in [0.5, 0.6) is 0 Å². The second kappa shape index (κ2) is 8.83. The lowest BCUT2D eigenvalue weighted by molar-refractivity contribution is -0.148. The van der Waals surface area contributed by atoms with Crippen molar-refractivity contribution in [3.63, 3.8) is 0 Å². The maximum atomic E-state index is 12.2. The molecule has 2 fully saturated rings. The normalized spacial score (nSPS) is 17.4. The van der Waals surface area contributed by atoms with Crippen molar-refractivity contribution in [1.82, 2.24) is 5.32 Å². The quantitative estimate of drug-likeness (QED) is 0.734. The summed E-state index contributed by atoms with van der Waals surface area (Å²) in [4.78, 5) is 36.2. The van der Waals surface area contributed by atoms with Crippen molar-refractivity contribution in [2.75, 3.05) is 11.9 Å². The standard InChI is InChI=1S/C20H26N2O4/c23-18(13-26-19(24)12-14-6-2-1-3-7-14)22-17-9-5-4-8-16(17)20(25)21-15-10-11-15/h4-5,8-9,14-15H,1-3,6-7,10-13H2,(H,21,25)(H,22,23). The first-order chi connectivity index (χ1) is 12.6. The molecule has 0 unspecified atom stereocenters. The predicted octanol–water partition coefficient (Wildman–Crippen LogP) is 3.03. The van der Waals surface area contributed by atoms with Crippen LogP contribution in [0.3, 0.4) is 0 Å². The highest BCUT2D eigenvalue weighted by molar-refractivity contribution is 6.04. The fourth-order valence-electron chi connectivity index (χ4n) is 3.30. The zero-order chi connectivity index (χ0) is 18.4. The number of hydrogen-bond acceptors (Lipinski definition) is 4. The molecule has 6 heteroatoms. The van der Waals surface area contributed by atoms with Crippen LogP contribution in [0.2, 0.25) is 0 Å². The zero-order valence-electron chi connectivity index (χ0n) is 15.0. The summed E-state index contributed by atoms with van der Waals surface area (Å²) in [5.41, 5.74) is 0.847. The Morgan fingerprint density at radius 2 is 1.73 bits per heavy atom. The lowest BCUT2D eigenvalue weighted by Crippen LogP contribution is -2.28. The Kier molecular flexibility index (Phi) is 6.26. The average Bonchev–Trinajstić information content (AvgIpc) is 3.45. The molecular weight excluding hydrogens is 332 g/mol. The van der Waals surface area contributed by atoms with Gasteiger partial charge in [-0.1, -0.05) is 31.4 Å². The molecule has 0 heterocycles. The largest absolute Gasteiger partial charge is 0.456 e. The minimum Gasteiger partial charge on any atom is -0.456 e. The molecule has 2 saturated carbocycles. The Morgan fingerprint density at radius 3 is 2.46 bits per heavy atom. The SMILES string of the molecule is O=C(COC(=O)CC1CCCCC1)Nc1ccccc1C(=O)NC1CC1. The van der Waals surface area contributed by atoms with Gasteiger partial charge in [0, 0.05) is 12.5 Å². The monoisotopic (exact) mass is 358 g/mol. The van der Waals surface area contributed by atoms with Gasteiger partial charge in [-0.25, -0.2) is 0 Å². The van der Waals surface area contributed by atoms with Gasteiger partial charge in [0.15, 0.2) is 6.61 Å². The Balaban J connectivity index is 1.46. The van der Waals surface area contributed by atoms with E-state index < -0.39 is 5.91 Å². The van der Waals surface area contributed by atoms with Crippen molar-refractivity contribution in [2.24, 2.45) is 5.92 Å². The van der Waals surface area contributed by atoms with Gasteiger partial charge in [-0.05, 0) is 43.7 Å². The van der Waals surface area contributed by atoms with E-state index in [1.165, 1.54) is 6.42 Å². The van der Waals surface area contributed by atoms with Gasteiger partial charge >= 0.3 is 5.97 Å². The molecule has 0 atom stereocenters. The predicted molar refractivity (Wildman–Crippen MR) is 97.7 cm³/mol. The molecule has 0 saturated heterocycles. The number of esters is 1. The molecule has 0 radical (unpaired) electrons. The highest BCUT2D eigenvalue weighted by atomic mass is 16.5. The number of ether oxygens (including phenoxy) is 1. The highest BCUT2D eigenvalue weighted by Crippen LogP contribution is 2.26. The third kappa shape index (κ3) is 5.58.